The standard InChI is InChI=1S/C18H19F3N6O/c1-10(13-5-4-8-22-9-13)23-15(28)7-6-14-11(2)24-17-25-16(18(19,20)21)26-27(17)12(14)3/h4-5,8-10H,6-7H2,1-3H3,(H,23,28). The highest BCUT2D eigenvalue weighted by molar-refractivity contribution is 5.76. The van der Waals surface area contributed by atoms with Crippen LogP contribution in [0, 0.1) is 13.8 Å². The Morgan fingerprint density at radius 3 is 2.68 bits per heavy atom. The first-order chi connectivity index (χ1) is 13.2. The van der Waals surface area contributed by atoms with Crippen LogP contribution in [0.1, 0.15) is 47.7 Å². The highest BCUT2D eigenvalue weighted by atomic mass is 19.4. The summed E-state index contributed by atoms with van der Waals surface area (Å²) in [5.41, 5.74) is 2.57. The van der Waals surface area contributed by atoms with Crippen molar-refractivity contribution in [2.24, 2.45) is 0 Å². The summed E-state index contributed by atoms with van der Waals surface area (Å²) >= 11 is 0. The Labute approximate surface area is 159 Å². The van der Waals surface area contributed by atoms with Gasteiger partial charge in [-0.3, -0.25) is 9.78 Å². The van der Waals surface area contributed by atoms with Crippen molar-refractivity contribution in [1.82, 2.24) is 29.9 Å². The lowest BCUT2D eigenvalue weighted by molar-refractivity contribution is -0.144. The summed E-state index contributed by atoms with van der Waals surface area (Å²) < 4.78 is 39.6. The normalized spacial score (nSPS) is 12.9. The Kier molecular flexibility index (Phi) is 5.30. The summed E-state index contributed by atoms with van der Waals surface area (Å²) in [6.07, 6.45) is -0.814. The number of nitrogens with one attached hydrogen (secondary N) is 1. The molecule has 3 heterocycles. The molecule has 0 aliphatic heterocycles. The maximum atomic E-state index is 12.9. The van der Waals surface area contributed by atoms with Crippen LogP contribution >= 0.6 is 0 Å². The second kappa shape index (κ2) is 7.53. The molecule has 1 N–H and O–H groups in total. The van der Waals surface area contributed by atoms with Gasteiger partial charge in [-0.25, -0.2) is 9.50 Å². The molecule has 1 atom stereocenters. The summed E-state index contributed by atoms with van der Waals surface area (Å²) in [7, 11) is 0. The van der Waals surface area contributed by atoms with Crippen molar-refractivity contribution in [3.63, 3.8) is 0 Å². The maximum absolute atomic E-state index is 12.9. The first-order valence-electron chi connectivity index (χ1n) is 8.66. The first-order valence-corrected chi connectivity index (χ1v) is 8.66. The van der Waals surface area contributed by atoms with Gasteiger partial charge in [0, 0.05) is 30.2 Å². The van der Waals surface area contributed by atoms with Crippen molar-refractivity contribution in [3.05, 3.63) is 52.9 Å². The van der Waals surface area contributed by atoms with E-state index in [9.17, 15) is 18.0 Å². The molecular weight excluding hydrogens is 373 g/mol. The van der Waals surface area contributed by atoms with Gasteiger partial charge in [0.25, 0.3) is 11.6 Å². The van der Waals surface area contributed by atoms with Gasteiger partial charge in [0.15, 0.2) is 0 Å². The maximum Gasteiger partial charge on any atom is 0.453 e. The van der Waals surface area contributed by atoms with Crippen molar-refractivity contribution >= 4 is 11.7 Å². The van der Waals surface area contributed by atoms with Gasteiger partial charge in [0.1, 0.15) is 0 Å². The van der Waals surface area contributed by atoms with Crippen LogP contribution < -0.4 is 5.32 Å². The second-order valence-electron chi connectivity index (χ2n) is 6.48. The van der Waals surface area contributed by atoms with E-state index >= 15 is 0 Å². The minimum Gasteiger partial charge on any atom is -0.350 e. The van der Waals surface area contributed by atoms with Gasteiger partial charge >= 0.3 is 6.18 Å². The van der Waals surface area contributed by atoms with Gasteiger partial charge in [0.2, 0.25) is 5.91 Å². The van der Waals surface area contributed by atoms with Crippen molar-refractivity contribution in [3.8, 4) is 0 Å². The van der Waals surface area contributed by atoms with E-state index in [0.29, 0.717) is 23.4 Å². The van der Waals surface area contributed by atoms with E-state index in [0.717, 1.165) is 10.1 Å². The van der Waals surface area contributed by atoms with E-state index in [4.69, 9.17) is 0 Å². The smallest absolute Gasteiger partial charge is 0.350 e. The summed E-state index contributed by atoms with van der Waals surface area (Å²) in [6.45, 7) is 5.18. The Morgan fingerprint density at radius 2 is 2.04 bits per heavy atom. The Hall–Kier alpha value is -3.04. The number of alkyl halides is 3. The average Bonchev–Trinajstić information content (AvgIpc) is 3.07. The summed E-state index contributed by atoms with van der Waals surface area (Å²) in [6, 6.07) is 3.46. The van der Waals surface area contributed by atoms with Crippen molar-refractivity contribution in [1.29, 1.82) is 0 Å². The molecule has 0 aromatic carbocycles. The highest BCUT2D eigenvalue weighted by Crippen LogP contribution is 2.27. The lowest BCUT2D eigenvalue weighted by Crippen LogP contribution is -2.27. The molecule has 0 spiro atoms. The average molecular weight is 392 g/mol. The fourth-order valence-electron chi connectivity index (χ4n) is 2.96. The molecule has 3 rings (SSSR count). The molecular formula is C18H19F3N6O. The predicted octanol–water partition coefficient (Wildman–Crippen LogP) is 2.96. The molecule has 0 fully saturated rings. The molecule has 148 valence electrons. The molecule has 28 heavy (non-hydrogen) atoms. The number of nitrogens with zero attached hydrogens (tertiary/aromatic N) is 5. The molecule has 0 aliphatic carbocycles. The van der Waals surface area contributed by atoms with Gasteiger partial charge in [0.05, 0.1) is 6.04 Å². The molecule has 1 unspecified atom stereocenters. The zero-order valence-corrected chi connectivity index (χ0v) is 15.6. The Bertz CT molecular complexity index is 1000. The minimum atomic E-state index is -4.64. The zero-order valence-electron chi connectivity index (χ0n) is 15.6. The van der Waals surface area contributed by atoms with Gasteiger partial charge < -0.3 is 5.32 Å². The third-order valence-electron chi connectivity index (χ3n) is 4.47. The molecule has 0 saturated heterocycles. The SMILES string of the molecule is Cc1nc2nc(C(F)(F)F)nn2c(C)c1CCC(=O)NC(C)c1cccnc1. The Morgan fingerprint density at radius 1 is 1.29 bits per heavy atom. The summed E-state index contributed by atoms with van der Waals surface area (Å²) in [4.78, 5) is 23.9. The van der Waals surface area contributed by atoms with Crippen molar-refractivity contribution in [2.45, 2.75) is 45.8 Å². The minimum absolute atomic E-state index is 0.110. The number of carbonyl (C=O) groups excluding carboxylic acids is 1. The van der Waals surface area contributed by atoms with Gasteiger partial charge in [-0.15, -0.1) is 5.10 Å². The van der Waals surface area contributed by atoms with Crippen molar-refractivity contribution < 1.29 is 18.0 Å². The molecule has 0 bridgehead atoms. The predicted molar refractivity (Wildman–Crippen MR) is 94.4 cm³/mol. The highest BCUT2D eigenvalue weighted by Gasteiger charge is 2.36. The fraction of sp³-hybridized carbons (Fsp3) is 0.389. The number of rotatable bonds is 5. The lowest BCUT2D eigenvalue weighted by Gasteiger charge is -2.15. The van der Waals surface area contributed by atoms with Crippen LogP contribution in [0.3, 0.4) is 0 Å². The number of halogens is 3. The summed E-state index contributed by atoms with van der Waals surface area (Å²) in [5.74, 6) is -1.52. The third kappa shape index (κ3) is 4.10. The van der Waals surface area contributed by atoms with E-state index < -0.39 is 12.0 Å². The van der Waals surface area contributed by atoms with Crippen molar-refractivity contribution in [2.75, 3.05) is 0 Å². The van der Waals surface area contributed by atoms with Crippen LogP contribution in [0.15, 0.2) is 24.5 Å². The number of carbonyl (C=O) groups is 1. The number of amides is 1. The zero-order chi connectivity index (χ0) is 20.5. The van der Waals surface area contributed by atoms with Crippen LogP contribution in [0.5, 0.6) is 0 Å². The molecule has 0 saturated carbocycles. The monoisotopic (exact) mass is 392 g/mol. The number of hydrogen-bond donors (Lipinski definition) is 1. The molecule has 3 aromatic heterocycles. The second-order valence-corrected chi connectivity index (χ2v) is 6.48. The molecule has 7 nitrogen and oxygen atoms in total. The van der Waals surface area contributed by atoms with E-state index in [2.05, 4.69) is 25.4 Å². The quantitative estimate of drug-likeness (QED) is 0.722. The van der Waals surface area contributed by atoms with Gasteiger partial charge in [-0.2, -0.15) is 18.2 Å². The van der Waals surface area contributed by atoms with Crippen LogP contribution in [0.25, 0.3) is 5.78 Å². The number of aryl methyl sites for hydroxylation is 2. The third-order valence-corrected chi connectivity index (χ3v) is 4.47. The van der Waals surface area contributed by atoms with E-state index in [1.807, 2.05) is 13.0 Å². The Balaban J connectivity index is 1.74. The molecule has 0 radical (unpaired) electrons. The van der Waals surface area contributed by atoms with Crippen LogP contribution in [-0.4, -0.2) is 30.5 Å². The van der Waals surface area contributed by atoms with E-state index in [1.165, 1.54) is 0 Å². The number of hydrogen-bond acceptors (Lipinski definition) is 5. The number of aromatic nitrogens is 5. The molecule has 10 heteroatoms. The molecule has 3 aromatic rings. The molecule has 1 amide bonds. The number of fused-ring (bicyclic) bond motifs is 1. The first kappa shape index (κ1) is 19.7. The van der Waals surface area contributed by atoms with Gasteiger partial charge in [-0.05, 0) is 44.4 Å². The lowest BCUT2D eigenvalue weighted by atomic mass is 10.1. The number of pyridine rings is 1. The molecule has 0 aliphatic rings. The fourth-order valence-corrected chi connectivity index (χ4v) is 2.96. The topological polar surface area (TPSA) is 85.1 Å². The van der Waals surface area contributed by atoms with E-state index in [1.54, 1.807) is 32.3 Å². The van der Waals surface area contributed by atoms with E-state index in [-0.39, 0.29) is 24.1 Å². The van der Waals surface area contributed by atoms with Gasteiger partial charge in [-0.1, -0.05) is 6.07 Å². The summed E-state index contributed by atoms with van der Waals surface area (Å²) in [5, 5.41) is 6.39. The van der Waals surface area contributed by atoms with Crippen LogP contribution in [0.4, 0.5) is 13.2 Å². The van der Waals surface area contributed by atoms with Crippen LogP contribution in [-0.2, 0) is 17.4 Å². The van der Waals surface area contributed by atoms with Crippen LogP contribution in [0.2, 0.25) is 0 Å². The largest absolute Gasteiger partial charge is 0.453 e.